The van der Waals surface area contributed by atoms with Crippen molar-refractivity contribution in [3.63, 3.8) is 0 Å². The number of thioether (sulfide) groups is 1. The van der Waals surface area contributed by atoms with Gasteiger partial charge in [0.2, 0.25) is 0 Å². The first-order chi connectivity index (χ1) is 13.7. The van der Waals surface area contributed by atoms with Crippen molar-refractivity contribution in [2.45, 2.75) is 30.2 Å². The molecule has 0 spiro atoms. The largest absolute Gasteiger partial charge is 0.458 e. The zero-order chi connectivity index (χ0) is 19.3. The van der Waals surface area contributed by atoms with E-state index < -0.39 is 0 Å². The highest BCUT2D eigenvalue weighted by Gasteiger charge is 2.28. The maximum Gasteiger partial charge on any atom is 0.197 e. The molecule has 28 heavy (non-hydrogen) atoms. The topological polar surface area (TPSA) is 55.4 Å². The summed E-state index contributed by atoms with van der Waals surface area (Å²) >= 11 is 7.34. The number of hydrogen-bond donors (Lipinski definition) is 2. The van der Waals surface area contributed by atoms with Crippen molar-refractivity contribution in [1.82, 2.24) is 15.6 Å². The lowest BCUT2D eigenvalue weighted by Gasteiger charge is -2.23. The summed E-state index contributed by atoms with van der Waals surface area (Å²) in [5, 5.41) is 8.77. The number of aromatic nitrogens is 1. The van der Waals surface area contributed by atoms with Crippen LogP contribution in [0.2, 0.25) is 5.02 Å². The van der Waals surface area contributed by atoms with E-state index in [9.17, 15) is 4.39 Å². The number of rotatable bonds is 6. The maximum absolute atomic E-state index is 13.3. The lowest BCUT2D eigenvalue weighted by atomic mass is 10.1. The summed E-state index contributed by atoms with van der Waals surface area (Å²) in [5.41, 5.74) is 1.72. The van der Waals surface area contributed by atoms with Crippen LogP contribution in [0, 0.1) is 5.82 Å². The van der Waals surface area contributed by atoms with E-state index in [-0.39, 0.29) is 18.1 Å². The molecule has 2 N–H and O–H groups in total. The maximum atomic E-state index is 13.3. The molecule has 0 bridgehead atoms. The second kappa shape index (κ2) is 9.13. The van der Waals surface area contributed by atoms with Gasteiger partial charge < -0.3 is 20.1 Å². The minimum Gasteiger partial charge on any atom is -0.458 e. The summed E-state index contributed by atoms with van der Waals surface area (Å²) in [5.74, 6) is -0.274. The van der Waals surface area contributed by atoms with E-state index in [0.29, 0.717) is 16.7 Å². The highest BCUT2D eigenvalue weighted by Crippen LogP contribution is 2.37. The predicted molar refractivity (Wildman–Crippen MR) is 107 cm³/mol. The normalized spacial score (nSPS) is 20.1. The lowest BCUT2D eigenvalue weighted by Crippen LogP contribution is -2.33. The number of ether oxygens (including phenoxy) is 2. The molecule has 0 amide bonds. The number of pyridine rings is 1. The molecule has 0 radical (unpaired) electrons. The molecule has 148 valence electrons. The van der Waals surface area contributed by atoms with E-state index in [4.69, 9.17) is 21.1 Å². The van der Waals surface area contributed by atoms with Crippen molar-refractivity contribution in [1.29, 1.82) is 0 Å². The lowest BCUT2D eigenvalue weighted by molar-refractivity contribution is 0.0451. The molecule has 2 aromatic rings. The van der Waals surface area contributed by atoms with E-state index in [1.54, 1.807) is 24.4 Å². The average Bonchev–Trinajstić information content (AvgIpc) is 3.12. The van der Waals surface area contributed by atoms with Crippen LogP contribution in [0.4, 0.5) is 4.39 Å². The highest BCUT2D eigenvalue weighted by molar-refractivity contribution is 8.02. The summed E-state index contributed by atoms with van der Waals surface area (Å²) in [6, 6.07) is 9.93. The third-order valence-electron chi connectivity index (χ3n) is 4.60. The SMILES string of the molecule is Fc1ccc(C2NC(COC3CCNCC3)=C(Sc3ccc(Cl)cn3)O2)cc1. The van der Waals surface area contributed by atoms with Gasteiger partial charge in [-0.2, -0.15) is 0 Å². The van der Waals surface area contributed by atoms with Gasteiger partial charge in [-0.05, 0) is 62.0 Å². The number of hydrogen-bond acceptors (Lipinski definition) is 6. The Morgan fingerprint density at radius 2 is 1.96 bits per heavy atom. The van der Waals surface area contributed by atoms with Gasteiger partial charge in [0, 0.05) is 11.8 Å². The fourth-order valence-electron chi connectivity index (χ4n) is 3.08. The number of benzene rings is 1. The van der Waals surface area contributed by atoms with E-state index in [2.05, 4.69) is 15.6 Å². The molecule has 2 aliphatic rings. The Kier molecular flexibility index (Phi) is 6.36. The zero-order valence-electron chi connectivity index (χ0n) is 15.2. The first-order valence-corrected chi connectivity index (χ1v) is 10.4. The van der Waals surface area contributed by atoms with Crippen LogP contribution in [0.1, 0.15) is 24.6 Å². The molecule has 1 fully saturated rings. The molecular formula is C20H21ClFN3O2S. The Hall–Kier alpha value is -1.80. The van der Waals surface area contributed by atoms with Crippen LogP contribution in [0.15, 0.2) is 58.4 Å². The number of nitrogens with zero attached hydrogens (tertiary/aromatic N) is 1. The molecule has 0 saturated carbocycles. The molecule has 1 unspecified atom stereocenters. The standard InChI is InChI=1S/C20H21ClFN3O2S/c21-14-3-6-18(24-11-14)28-20-17(12-26-16-7-9-23-10-8-16)25-19(27-20)13-1-4-15(22)5-2-13/h1-6,11,16,19,23,25H,7-10,12H2. The minimum atomic E-state index is -0.387. The molecule has 1 aromatic carbocycles. The van der Waals surface area contributed by atoms with Gasteiger partial charge in [-0.3, -0.25) is 0 Å². The number of nitrogens with one attached hydrogen (secondary N) is 2. The van der Waals surface area contributed by atoms with Gasteiger partial charge >= 0.3 is 0 Å². The number of halogens is 2. The zero-order valence-corrected chi connectivity index (χ0v) is 16.7. The molecule has 8 heteroatoms. The van der Waals surface area contributed by atoms with Gasteiger partial charge in [0.1, 0.15) is 10.8 Å². The molecule has 5 nitrogen and oxygen atoms in total. The Bertz CT molecular complexity index is 826. The van der Waals surface area contributed by atoms with Crippen LogP contribution < -0.4 is 10.6 Å². The molecular weight excluding hydrogens is 401 g/mol. The quantitative estimate of drug-likeness (QED) is 0.728. The fourth-order valence-corrected chi connectivity index (χ4v) is 4.01. The summed E-state index contributed by atoms with van der Waals surface area (Å²) < 4.78 is 25.5. The van der Waals surface area contributed by atoms with E-state index in [1.165, 1.54) is 23.9 Å². The smallest absolute Gasteiger partial charge is 0.197 e. The van der Waals surface area contributed by atoms with Crippen molar-refractivity contribution in [2.24, 2.45) is 0 Å². The molecule has 1 atom stereocenters. The summed E-state index contributed by atoms with van der Waals surface area (Å²) in [4.78, 5) is 4.33. The van der Waals surface area contributed by atoms with Crippen molar-refractivity contribution >= 4 is 23.4 Å². The Labute approximate surface area is 172 Å². The summed E-state index contributed by atoms with van der Waals surface area (Å²) in [6.07, 6.45) is 3.45. The Morgan fingerprint density at radius 3 is 2.68 bits per heavy atom. The first kappa shape index (κ1) is 19.5. The van der Waals surface area contributed by atoms with Crippen LogP contribution in [-0.2, 0) is 9.47 Å². The van der Waals surface area contributed by atoms with E-state index >= 15 is 0 Å². The van der Waals surface area contributed by atoms with Crippen LogP contribution >= 0.6 is 23.4 Å². The molecule has 2 aliphatic heterocycles. The van der Waals surface area contributed by atoms with Crippen LogP contribution in [-0.4, -0.2) is 30.8 Å². The third-order valence-corrected chi connectivity index (χ3v) is 5.80. The van der Waals surface area contributed by atoms with Crippen LogP contribution in [0.3, 0.4) is 0 Å². The van der Waals surface area contributed by atoms with Gasteiger partial charge in [0.15, 0.2) is 11.3 Å². The van der Waals surface area contributed by atoms with Gasteiger partial charge in [-0.15, -0.1) is 0 Å². The second-order valence-corrected chi connectivity index (χ2v) is 8.07. The van der Waals surface area contributed by atoms with Crippen LogP contribution in [0.5, 0.6) is 0 Å². The van der Waals surface area contributed by atoms with Crippen molar-refractivity contribution in [2.75, 3.05) is 19.7 Å². The van der Waals surface area contributed by atoms with Gasteiger partial charge in [-0.1, -0.05) is 23.7 Å². The van der Waals surface area contributed by atoms with Crippen LogP contribution in [0.25, 0.3) is 0 Å². The number of piperidine rings is 1. The Morgan fingerprint density at radius 1 is 1.18 bits per heavy atom. The monoisotopic (exact) mass is 421 g/mol. The summed E-state index contributed by atoms with van der Waals surface area (Å²) in [7, 11) is 0. The summed E-state index contributed by atoms with van der Waals surface area (Å²) in [6.45, 7) is 2.38. The Balaban J connectivity index is 1.48. The van der Waals surface area contributed by atoms with E-state index in [0.717, 1.165) is 42.2 Å². The first-order valence-electron chi connectivity index (χ1n) is 9.21. The van der Waals surface area contributed by atoms with E-state index in [1.807, 2.05) is 6.07 Å². The molecule has 0 aliphatic carbocycles. The fraction of sp³-hybridized carbons (Fsp3) is 0.350. The predicted octanol–water partition coefficient (Wildman–Crippen LogP) is 4.22. The van der Waals surface area contributed by atoms with Crippen molar-refractivity contribution < 1.29 is 13.9 Å². The molecule has 1 aromatic heterocycles. The second-order valence-electron chi connectivity index (χ2n) is 6.64. The molecule has 1 saturated heterocycles. The van der Waals surface area contributed by atoms with Gasteiger partial charge in [0.25, 0.3) is 0 Å². The van der Waals surface area contributed by atoms with Gasteiger partial charge in [-0.25, -0.2) is 9.37 Å². The average molecular weight is 422 g/mol. The van der Waals surface area contributed by atoms with Crippen molar-refractivity contribution in [3.05, 3.63) is 69.8 Å². The van der Waals surface area contributed by atoms with Crippen molar-refractivity contribution in [3.8, 4) is 0 Å². The highest BCUT2D eigenvalue weighted by atomic mass is 35.5. The third kappa shape index (κ3) is 4.97. The van der Waals surface area contributed by atoms with Gasteiger partial charge in [0.05, 0.1) is 23.4 Å². The molecule has 3 heterocycles. The molecule has 4 rings (SSSR count). The minimum absolute atomic E-state index is 0.236.